The number of nitrogens with zero attached hydrogens (tertiary/aromatic N) is 2. The van der Waals surface area contributed by atoms with Gasteiger partial charge in [0.25, 0.3) is 0 Å². The number of carbonyl (C=O) groups is 1. The van der Waals surface area contributed by atoms with E-state index in [4.69, 9.17) is 11.5 Å². The number of nitrogens with two attached hydrogens (primary N) is 2. The highest BCUT2D eigenvalue weighted by Gasteiger charge is 2.43. The van der Waals surface area contributed by atoms with E-state index in [0.717, 1.165) is 51.7 Å². The monoisotopic (exact) mass is 270 g/mol. The summed E-state index contributed by atoms with van der Waals surface area (Å²) in [4.78, 5) is 16.0. The van der Waals surface area contributed by atoms with Crippen molar-refractivity contribution in [1.82, 2.24) is 9.80 Å². The van der Waals surface area contributed by atoms with Crippen LogP contribution >= 0.6 is 0 Å². The molecule has 1 fully saturated rings. The molecule has 0 aliphatic heterocycles. The standard InChI is InChI=1S/C14H30N4O/c1-17(2)9-5-10-18(3)11-7-12-6-4-8-14(12,16)13(15)19/h12H,4-11,16H2,1-3H3,(H2,15,19). The average Bonchev–Trinajstić information content (AvgIpc) is 2.69. The van der Waals surface area contributed by atoms with Crippen molar-refractivity contribution in [3.05, 3.63) is 0 Å². The van der Waals surface area contributed by atoms with E-state index in [0.29, 0.717) is 0 Å². The zero-order valence-corrected chi connectivity index (χ0v) is 12.7. The molecule has 0 spiro atoms. The van der Waals surface area contributed by atoms with Gasteiger partial charge in [0.1, 0.15) is 0 Å². The maximum atomic E-state index is 11.5. The van der Waals surface area contributed by atoms with Crippen LogP contribution in [0.15, 0.2) is 0 Å². The molecule has 0 aromatic rings. The van der Waals surface area contributed by atoms with Gasteiger partial charge in [-0.05, 0) is 72.4 Å². The number of hydrogen-bond donors (Lipinski definition) is 2. The van der Waals surface area contributed by atoms with Crippen LogP contribution < -0.4 is 11.5 Å². The molecule has 4 N–H and O–H groups in total. The Morgan fingerprint density at radius 1 is 1.26 bits per heavy atom. The average molecular weight is 270 g/mol. The zero-order valence-electron chi connectivity index (χ0n) is 12.7. The van der Waals surface area contributed by atoms with Crippen molar-refractivity contribution in [2.24, 2.45) is 17.4 Å². The van der Waals surface area contributed by atoms with Crippen LogP contribution in [-0.4, -0.2) is 62.0 Å². The Kier molecular flexibility index (Phi) is 6.23. The van der Waals surface area contributed by atoms with Gasteiger partial charge in [-0.3, -0.25) is 4.79 Å². The van der Waals surface area contributed by atoms with E-state index in [9.17, 15) is 4.79 Å². The first-order chi connectivity index (χ1) is 8.86. The fourth-order valence-electron chi connectivity index (χ4n) is 2.97. The molecule has 0 aromatic carbocycles. The molecule has 1 amide bonds. The van der Waals surface area contributed by atoms with E-state index in [1.807, 2.05) is 0 Å². The maximum absolute atomic E-state index is 11.5. The molecule has 5 nitrogen and oxygen atoms in total. The Balaban J connectivity index is 2.29. The largest absolute Gasteiger partial charge is 0.368 e. The van der Waals surface area contributed by atoms with Gasteiger partial charge >= 0.3 is 0 Å². The third-order valence-corrected chi connectivity index (χ3v) is 4.33. The first-order valence-electron chi connectivity index (χ1n) is 7.28. The third-order valence-electron chi connectivity index (χ3n) is 4.33. The van der Waals surface area contributed by atoms with Crippen LogP contribution in [0.2, 0.25) is 0 Å². The second kappa shape index (κ2) is 7.22. The lowest BCUT2D eigenvalue weighted by Gasteiger charge is -2.29. The van der Waals surface area contributed by atoms with Gasteiger partial charge < -0.3 is 21.3 Å². The van der Waals surface area contributed by atoms with E-state index in [-0.39, 0.29) is 11.8 Å². The topological polar surface area (TPSA) is 75.6 Å². The van der Waals surface area contributed by atoms with Crippen LogP contribution in [0, 0.1) is 5.92 Å². The number of hydrogen-bond acceptors (Lipinski definition) is 4. The van der Waals surface area contributed by atoms with Crippen molar-refractivity contribution < 1.29 is 4.79 Å². The highest BCUT2D eigenvalue weighted by atomic mass is 16.1. The number of primary amides is 1. The van der Waals surface area contributed by atoms with Crippen LogP contribution in [0.3, 0.4) is 0 Å². The van der Waals surface area contributed by atoms with Crippen LogP contribution in [0.25, 0.3) is 0 Å². The molecule has 1 aliphatic rings. The number of rotatable bonds is 8. The summed E-state index contributed by atoms with van der Waals surface area (Å²) in [5, 5.41) is 0. The summed E-state index contributed by atoms with van der Waals surface area (Å²) < 4.78 is 0. The summed E-state index contributed by atoms with van der Waals surface area (Å²) in [6.07, 6.45) is 4.94. The van der Waals surface area contributed by atoms with E-state index in [1.165, 1.54) is 0 Å². The van der Waals surface area contributed by atoms with Crippen LogP contribution in [0.1, 0.15) is 32.1 Å². The van der Waals surface area contributed by atoms with Gasteiger partial charge in [-0.2, -0.15) is 0 Å². The minimum Gasteiger partial charge on any atom is -0.368 e. The molecular formula is C14H30N4O. The molecule has 0 heterocycles. The van der Waals surface area contributed by atoms with E-state index < -0.39 is 5.54 Å². The Hall–Kier alpha value is -0.650. The minimum atomic E-state index is -0.759. The lowest BCUT2D eigenvalue weighted by molar-refractivity contribution is -0.124. The number of amides is 1. The SMILES string of the molecule is CN(C)CCCN(C)CCC1CCCC1(N)C(N)=O. The van der Waals surface area contributed by atoms with Crippen LogP contribution in [0.4, 0.5) is 0 Å². The fourth-order valence-corrected chi connectivity index (χ4v) is 2.97. The van der Waals surface area contributed by atoms with E-state index >= 15 is 0 Å². The predicted molar refractivity (Wildman–Crippen MR) is 78.7 cm³/mol. The summed E-state index contributed by atoms with van der Waals surface area (Å²) in [5.41, 5.74) is 10.9. The van der Waals surface area contributed by atoms with Gasteiger partial charge in [0.15, 0.2) is 0 Å². The highest BCUT2D eigenvalue weighted by molar-refractivity contribution is 5.85. The Bertz CT molecular complexity index is 295. The zero-order chi connectivity index (χ0) is 14.5. The van der Waals surface area contributed by atoms with Crippen LogP contribution in [-0.2, 0) is 4.79 Å². The molecule has 5 heteroatoms. The fraction of sp³-hybridized carbons (Fsp3) is 0.929. The molecule has 19 heavy (non-hydrogen) atoms. The Morgan fingerprint density at radius 3 is 2.53 bits per heavy atom. The third kappa shape index (κ3) is 4.75. The molecule has 2 atom stereocenters. The Morgan fingerprint density at radius 2 is 1.95 bits per heavy atom. The van der Waals surface area contributed by atoms with Gasteiger partial charge in [0.05, 0.1) is 5.54 Å². The second-order valence-corrected chi connectivity index (χ2v) is 6.24. The van der Waals surface area contributed by atoms with Gasteiger partial charge in [-0.1, -0.05) is 6.42 Å². The molecule has 1 saturated carbocycles. The first kappa shape index (κ1) is 16.4. The quantitative estimate of drug-likeness (QED) is 0.662. The normalized spacial score (nSPS) is 27.4. The lowest BCUT2D eigenvalue weighted by atomic mass is 9.85. The van der Waals surface area contributed by atoms with E-state index in [2.05, 4.69) is 30.9 Å². The molecule has 0 bridgehead atoms. The van der Waals surface area contributed by atoms with Crippen LogP contribution in [0.5, 0.6) is 0 Å². The van der Waals surface area contributed by atoms with E-state index in [1.54, 1.807) is 0 Å². The molecule has 1 aliphatic carbocycles. The van der Waals surface area contributed by atoms with Gasteiger partial charge in [0, 0.05) is 0 Å². The Labute approximate surface area is 117 Å². The smallest absolute Gasteiger partial charge is 0.237 e. The van der Waals surface area contributed by atoms with Gasteiger partial charge in [0.2, 0.25) is 5.91 Å². The maximum Gasteiger partial charge on any atom is 0.237 e. The van der Waals surface area contributed by atoms with Gasteiger partial charge in [-0.15, -0.1) is 0 Å². The summed E-state index contributed by atoms with van der Waals surface area (Å²) in [6, 6.07) is 0. The molecule has 112 valence electrons. The van der Waals surface area contributed by atoms with Crippen molar-refractivity contribution in [1.29, 1.82) is 0 Å². The summed E-state index contributed by atoms with van der Waals surface area (Å²) in [5.74, 6) is -0.0773. The number of carbonyl (C=O) groups excluding carboxylic acids is 1. The lowest BCUT2D eigenvalue weighted by Crippen LogP contribution is -2.55. The molecule has 1 rings (SSSR count). The van der Waals surface area contributed by atoms with Crippen molar-refractivity contribution in [2.45, 2.75) is 37.6 Å². The highest BCUT2D eigenvalue weighted by Crippen LogP contribution is 2.35. The molecule has 0 saturated heterocycles. The molecular weight excluding hydrogens is 240 g/mol. The van der Waals surface area contributed by atoms with Gasteiger partial charge in [-0.25, -0.2) is 0 Å². The summed E-state index contributed by atoms with van der Waals surface area (Å²) in [7, 11) is 6.31. The molecule has 0 aromatic heterocycles. The summed E-state index contributed by atoms with van der Waals surface area (Å²) in [6.45, 7) is 3.18. The summed E-state index contributed by atoms with van der Waals surface area (Å²) >= 11 is 0. The van der Waals surface area contributed by atoms with Crippen molar-refractivity contribution in [3.8, 4) is 0 Å². The first-order valence-corrected chi connectivity index (χ1v) is 7.28. The predicted octanol–water partition coefficient (Wildman–Crippen LogP) is 0.243. The van der Waals surface area contributed by atoms with Crippen molar-refractivity contribution >= 4 is 5.91 Å². The molecule has 2 unspecified atom stereocenters. The van der Waals surface area contributed by atoms with Crippen molar-refractivity contribution in [2.75, 3.05) is 40.8 Å². The van der Waals surface area contributed by atoms with Crippen molar-refractivity contribution in [3.63, 3.8) is 0 Å². The molecule has 0 radical (unpaired) electrons. The minimum absolute atomic E-state index is 0.251. The second-order valence-electron chi connectivity index (χ2n) is 6.24.